The summed E-state index contributed by atoms with van der Waals surface area (Å²) < 4.78 is 0. The maximum absolute atomic E-state index is 13.4. The number of carbonyl (C=O) groups excluding carboxylic acids is 3. The fourth-order valence-electron chi connectivity index (χ4n) is 4.95. The van der Waals surface area contributed by atoms with Gasteiger partial charge in [-0.2, -0.15) is 0 Å². The van der Waals surface area contributed by atoms with Crippen LogP contribution in [0.15, 0.2) is 24.3 Å². The molecule has 3 aromatic rings. The van der Waals surface area contributed by atoms with Crippen molar-refractivity contribution in [3.8, 4) is 0 Å². The van der Waals surface area contributed by atoms with Crippen molar-refractivity contribution < 1.29 is 24.3 Å². The lowest BCUT2D eigenvalue weighted by Gasteiger charge is -2.23. The number of fused-ring (bicyclic) bond motifs is 2. The highest BCUT2D eigenvalue weighted by Crippen LogP contribution is 2.26. The summed E-state index contributed by atoms with van der Waals surface area (Å²) in [6, 6.07) is 3.66. The van der Waals surface area contributed by atoms with Crippen molar-refractivity contribution in [2.75, 3.05) is 20.1 Å². The highest BCUT2D eigenvalue weighted by molar-refractivity contribution is 7.13. The zero-order chi connectivity index (χ0) is 27.1. The first-order chi connectivity index (χ1) is 18.1. The second kappa shape index (κ2) is 11.5. The summed E-state index contributed by atoms with van der Waals surface area (Å²) in [7, 11) is 2.00. The third kappa shape index (κ3) is 5.74. The van der Waals surface area contributed by atoms with E-state index in [1.165, 1.54) is 16.2 Å². The number of aromatic nitrogens is 2. The van der Waals surface area contributed by atoms with Gasteiger partial charge in [-0.15, -0.1) is 23.7 Å². The molecule has 4 N–H and O–H groups in total. The number of aliphatic carboxylic acids is 1. The number of carboxylic acid groups (broad SMARTS) is 1. The molecule has 2 unspecified atom stereocenters. The number of carbonyl (C=O) groups is 4. The van der Waals surface area contributed by atoms with Crippen LogP contribution < -0.4 is 10.6 Å². The van der Waals surface area contributed by atoms with E-state index in [0.717, 1.165) is 28.9 Å². The summed E-state index contributed by atoms with van der Waals surface area (Å²) in [5.74, 6) is -2.75. The van der Waals surface area contributed by atoms with Crippen LogP contribution >= 0.6 is 35.3 Å². The standard InChI is InChI=1S/C25H27ClN6O5S.ClH/c1-3-18(25(36)37)32-10-17(28-22(34)23-29-15-6-7-31(2)11-19(15)38-23)20(24(32)35)30-21(33)16-9-12-8-13(26)4-5-14(12)27-16;/h4-5,8-9,17-18,20,27H,3,6-7,10-11H2,1-2H3,(H,28,34)(H,30,33)(H,36,37);1H/t17?,18-,20?;/m1./s1. The molecule has 0 spiro atoms. The fourth-order valence-corrected chi connectivity index (χ4v) is 6.23. The Balaban J connectivity index is 0.00000353. The third-order valence-corrected chi connectivity index (χ3v) is 8.26. The van der Waals surface area contributed by atoms with Gasteiger partial charge in [0.15, 0.2) is 5.01 Å². The van der Waals surface area contributed by atoms with Crippen LogP contribution in [-0.2, 0) is 22.6 Å². The highest BCUT2D eigenvalue weighted by atomic mass is 35.5. The number of nitrogens with zero attached hydrogens (tertiary/aromatic N) is 3. The van der Waals surface area contributed by atoms with Gasteiger partial charge >= 0.3 is 5.97 Å². The van der Waals surface area contributed by atoms with E-state index in [-0.39, 0.29) is 36.1 Å². The van der Waals surface area contributed by atoms with Crippen molar-refractivity contribution >= 4 is 69.9 Å². The minimum atomic E-state index is -1.16. The van der Waals surface area contributed by atoms with E-state index in [1.807, 2.05) is 7.05 Å². The van der Waals surface area contributed by atoms with E-state index in [4.69, 9.17) is 11.6 Å². The topological polar surface area (TPSA) is 148 Å². The number of aromatic amines is 1. The molecule has 1 fully saturated rings. The number of amides is 3. The van der Waals surface area contributed by atoms with Crippen molar-refractivity contribution in [2.24, 2.45) is 0 Å². The lowest BCUT2D eigenvalue weighted by atomic mass is 10.1. The van der Waals surface area contributed by atoms with Gasteiger partial charge < -0.3 is 30.5 Å². The van der Waals surface area contributed by atoms with Gasteiger partial charge in [-0.25, -0.2) is 9.78 Å². The van der Waals surface area contributed by atoms with E-state index < -0.39 is 41.8 Å². The van der Waals surface area contributed by atoms with Gasteiger partial charge in [0, 0.05) is 46.9 Å². The van der Waals surface area contributed by atoms with Gasteiger partial charge in [0.25, 0.3) is 11.8 Å². The molecule has 4 heterocycles. The van der Waals surface area contributed by atoms with Gasteiger partial charge in [0.2, 0.25) is 5.91 Å². The Bertz CT molecular complexity index is 1440. The third-order valence-electron chi connectivity index (χ3n) is 6.94. The normalized spacial score (nSPS) is 19.9. The molecule has 1 saturated heterocycles. The zero-order valence-corrected chi connectivity index (χ0v) is 23.6. The van der Waals surface area contributed by atoms with Gasteiger partial charge in [-0.1, -0.05) is 18.5 Å². The number of likely N-dealkylation sites (N-methyl/N-ethyl adjacent to an activating group) is 1. The van der Waals surface area contributed by atoms with E-state index in [9.17, 15) is 24.3 Å². The molecule has 2 aromatic heterocycles. The first-order valence-corrected chi connectivity index (χ1v) is 13.4. The Kier molecular flexibility index (Phi) is 8.50. The maximum Gasteiger partial charge on any atom is 0.326 e. The Morgan fingerprint density at radius 3 is 2.74 bits per heavy atom. The number of carboxylic acids is 1. The predicted octanol–water partition coefficient (Wildman–Crippen LogP) is 2.29. The quantitative estimate of drug-likeness (QED) is 0.328. The number of likely N-dealkylation sites (tertiary alicyclic amines) is 1. The summed E-state index contributed by atoms with van der Waals surface area (Å²) >= 11 is 7.35. The molecule has 11 nitrogen and oxygen atoms in total. The summed E-state index contributed by atoms with van der Waals surface area (Å²) in [6.45, 7) is 3.17. The number of nitrogens with one attached hydrogen (secondary N) is 3. The Hall–Kier alpha value is -3.19. The van der Waals surface area contributed by atoms with Crippen molar-refractivity contribution in [3.63, 3.8) is 0 Å². The molecule has 5 rings (SSSR count). The number of H-pyrrole nitrogens is 1. The fraction of sp³-hybridized carbons (Fsp3) is 0.400. The maximum atomic E-state index is 13.4. The molecule has 0 aliphatic carbocycles. The van der Waals surface area contributed by atoms with Crippen LogP contribution in [0.1, 0.15) is 44.2 Å². The minimum absolute atomic E-state index is 0. The summed E-state index contributed by atoms with van der Waals surface area (Å²) in [4.78, 5) is 63.4. The first-order valence-electron chi connectivity index (χ1n) is 12.2. The second-order valence-corrected chi connectivity index (χ2v) is 11.1. The van der Waals surface area contributed by atoms with Crippen LogP contribution in [0.5, 0.6) is 0 Å². The van der Waals surface area contributed by atoms with Crippen molar-refractivity contribution in [1.29, 1.82) is 0 Å². The molecule has 2 aliphatic rings. The zero-order valence-electron chi connectivity index (χ0n) is 21.2. The van der Waals surface area contributed by atoms with Gasteiger partial charge in [-0.3, -0.25) is 14.4 Å². The number of hydrogen-bond donors (Lipinski definition) is 4. The second-order valence-electron chi connectivity index (χ2n) is 9.58. The average Bonchev–Trinajstić information content (AvgIpc) is 3.56. The van der Waals surface area contributed by atoms with E-state index in [2.05, 4.69) is 25.5 Å². The number of rotatable bonds is 7. The van der Waals surface area contributed by atoms with Gasteiger partial charge in [0.05, 0.1) is 11.7 Å². The Morgan fingerprint density at radius 1 is 1.26 bits per heavy atom. The van der Waals surface area contributed by atoms with Gasteiger partial charge in [0.1, 0.15) is 17.8 Å². The lowest BCUT2D eigenvalue weighted by molar-refractivity contribution is -0.148. The van der Waals surface area contributed by atoms with Gasteiger partial charge in [-0.05, 0) is 37.7 Å². The Labute approximate surface area is 239 Å². The molecule has 2 aliphatic heterocycles. The van der Waals surface area contributed by atoms with Crippen molar-refractivity contribution in [2.45, 2.75) is 44.4 Å². The monoisotopic (exact) mass is 594 g/mol. The summed E-state index contributed by atoms with van der Waals surface area (Å²) in [5, 5.41) is 16.7. The molecule has 0 bridgehead atoms. The van der Waals surface area contributed by atoms with E-state index >= 15 is 0 Å². The van der Waals surface area contributed by atoms with Crippen molar-refractivity contribution in [3.05, 3.63) is 50.6 Å². The number of benzene rings is 1. The molecule has 0 radical (unpaired) electrons. The van der Waals surface area contributed by atoms with Crippen LogP contribution in [0.3, 0.4) is 0 Å². The van der Waals surface area contributed by atoms with Crippen LogP contribution in [0.25, 0.3) is 10.9 Å². The molecule has 3 amide bonds. The van der Waals surface area contributed by atoms with Crippen LogP contribution in [0, 0.1) is 0 Å². The molecule has 0 saturated carbocycles. The Morgan fingerprint density at radius 2 is 2.03 bits per heavy atom. The number of hydrogen-bond acceptors (Lipinski definition) is 7. The first kappa shape index (κ1) is 28.8. The number of halogens is 2. The molecule has 3 atom stereocenters. The van der Waals surface area contributed by atoms with Crippen LogP contribution in [0.2, 0.25) is 5.02 Å². The van der Waals surface area contributed by atoms with Crippen LogP contribution in [0.4, 0.5) is 0 Å². The largest absolute Gasteiger partial charge is 0.480 e. The van der Waals surface area contributed by atoms with Crippen molar-refractivity contribution in [1.82, 2.24) is 30.4 Å². The predicted molar refractivity (Wildman–Crippen MR) is 149 cm³/mol. The molecule has 1 aromatic carbocycles. The molecular weight excluding hydrogens is 567 g/mol. The summed E-state index contributed by atoms with van der Waals surface area (Å²) in [5.41, 5.74) is 1.79. The molecule has 208 valence electrons. The molecular formula is C25H28Cl2N6O5S. The lowest BCUT2D eigenvalue weighted by Crippen LogP contribution is -2.52. The molecule has 14 heteroatoms. The number of thiazole rings is 1. The van der Waals surface area contributed by atoms with E-state index in [0.29, 0.717) is 17.1 Å². The highest BCUT2D eigenvalue weighted by Gasteiger charge is 2.46. The molecule has 39 heavy (non-hydrogen) atoms. The van der Waals surface area contributed by atoms with Crippen LogP contribution in [-0.4, -0.2) is 86.8 Å². The smallest absolute Gasteiger partial charge is 0.326 e. The van der Waals surface area contributed by atoms with E-state index in [1.54, 1.807) is 31.2 Å². The summed E-state index contributed by atoms with van der Waals surface area (Å²) in [6.07, 6.45) is 0.925. The SMILES string of the molecule is CC[C@H](C(=O)O)N1CC(NC(=O)c2nc3c(s2)CN(C)CC3)C(NC(=O)c2cc3cc(Cl)ccc3[nH]2)C1=O.Cl. The average molecular weight is 596 g/mol. The minimum Gasteiger partial charge on any atom is -0.480 e.